The predicted molar refractivity (Wildman–Crippen MR) is 122 cm³/mol. The summed E-state index contributed by atoms with van der Waals surface area (Å²) in [6.45, 7) is 1.84. The first-order valence-corrected chi connectivity index (χ1v) is 11.2. The smallest absolute Gasteiger partial charge is 0.390 e. The summed E-state index contributed by atoms with van der Waals surface area (Å²) < 4.78 is 40.0. The summed E-state index contributed by atoms with van der Waals surface area (Å²) >= 11 is 1.00. The van der Waals surface area contributed by atoms with Gasteiger partial charge in [-0.25, -0.2) is 4.98 Å². The fourth-order valence-corrected chi connectivity index (χ4v) is 3.81. The third kappa shape index (κ3) is 7.09. The molecule has 34 heavy (non-hydrogen) atoms. The van der Waals surface area contributed by atoms with Crippen molar-refractivity contribution >= 4 is 29.3 Å². The van der Waals surface area contributed by atoms with Gasteiger partial charge >= 0.3 is 6.18 Å². The Morgan fingerprint density at radius 3 is 2.53 bits per heavy atom. The number of carbonyl (C=O) groups excluding carboxylic acids is 2. The third-order valence-corrected chi connectivity index (χ3v) is 5.77. The van der Waals surface area contributed by atoms with Gasteiger partial charge in [-0.15, -0.1) is 0 Å². The normalized spacial score (nSPS) is 11.3. The van der Waals surface area contributed by atoms with Crippen molar-refractivity contribution in [1.29, 1.82) is 0 Å². The number of hydrogen-bond donors (Lipinski definition) is 3. The Morgan fingerprint density at radius 2 is 1.85 bits per heavy atom. The summed E-state index contributed by atoms with van der Waals surface area (Å²) in [4.78, 5) is 28.9. The van der Waals surface area contributed by atoms with E-state index in [1.54, 1.807) is 0 Å². The quantitative estimate of drug-likeness (QED) is 0.396. The number of carbonyl (C=O) groups is 2. The molecule has 0 saturated heterocycles. The van der Waals surface area contributed by atoms with Crippen molar-refractivity contribution in [3.05, 3.63) is 77.1 Å². The van der Waals surface area contributed by atoms with Crippen LogP contribution in [0.5, 0.6) is 0 Å². The van der Waals surface area contributed by atoms with Gasteiger partial charge in [0.2, 0.25) is 11.8 Å². The van der Waals surface area contributed by atoms with Crippen LogP contribution >= 0.6 is 11.8 Å². The highest BCUT2D eigenvalue weighted by Crippen LogP contribution is 2.30. The maximum Gasteiger partial charge on any atom is 0.416 e. The molecule has 0 unspecified atom stereocenters. The van der Waals surface area contributed by atoms with Crippen molar-refractivity contribution < 1.29 is 27.9 Å². The van der Waals surface area contributed by atoms with E-state index in [-0.39, 0.29) is 30.5 Å². The van der Waals surface area contributed by atoms with E-state index >= 15 is 0 Å². The molecule has 3 rings (SSSR count). The zero-order chi connectivity index (χ0) is 24.7. The SMILES string of the molecule is Cc1ccc(CNC(=O)Cn2c(CO)cnc2SCC(=O)Nc2cccc(C(F)(F)F)c2)cc1. The zero-order valence-electron chi connectivity index (χ0n) is 18.2. The molecule has 3 N–H and O–H groups in total. The van der Waals surface area contributed by atoms with Gasteiger partial charge in [0.05, 0.1) is 29.8 Å². The molecular weight excluding hydrogens is 469 g/mol. The molecule has 180 valence electrons. The molecule has 3 aromatic rings. The zero-order valence-corrected chi connectivity index (χ0v) is 19.0. The number of anilines is 1. The summed E-state index contributed by atoms with van der Waals surface area (Å²) in [6, 6.07) is 12.1. The molecule has 2 amide bonds. The molecule has 1 heterocycles. The lowest BCUT2D eigenvalue weighted by Gasteiger charge is -2.12. The molecule has 0 radical (unpaired) electrons. The third-order valence-electron chi connectivity index (χ3n) is 4.78. The Balaban J connectivity index is 1.58. The Bertz CT molecular complexity index is 1150. The van der Waals surface area contributed by atoms with Crippen LogP contribution in [0.15, 0.2) is 59.9 Å². The number of halogens is 3. The van der Waals surface area contributed by atoms with Crippen molar-refractivity contribution in [1.82, 2.24) is 14.9 Å². The summed E-state index contributed by atoms with van der Waals surface area (Å²) in [6.07, 6.45) is -3.11. The number of imidazole rings is 1. The molecule has 2 aromatic carbocycles. The van der Waals surface area contributed by atoms with Gasteiger partial charge < -0.3 is 20.3 Å². The number of aromatic nitrogens is 2. The van der Waals surface area contributed by atoms with Crippen molar-refractivity contribution in [2.24, 2.45) is 0 Å². The molecule has 11 heteroatoms. The number of nitrogens with one attached hydrogen (secondary N) is 2. The molecule has 0 aliphatic carbocycles. The minimum Gasteiger partial charge on any atom is -0.390 e. The van der Waals surface area contributed by atoms with Crippen LogP contribution in [0.2, 0.25) is 0 Å². The van der Waals surface area contributed by atoms with Gasteiger partial charge in [0.1, 0.15) is 6.54 Å². The van der Waals surface area contributed by atoms with E-state index < -0.39 is 17.6 Å². The average molecular weight is 493 g/mol. The minimum atomic E-state index is -4.51. The second-order valence-electron chi connectivity index (χ2n) is 7.45. The van der Waals surface area contributed by atoms with Crippen LogP contribution in [0.4, 0.5) is 18.9 Å². The van der Waals surface area contributed by atoms with E-state index in [0.717, 1.165) is 35.0 Å². The summed E-state index contributed by atoms with van der Waals surface area (Å²) in [5.41, 5.74) is 1.60. The van der Waals surface area contributed by atoms with Crippen LogP contribution in [0.3, 0.4) is 0 Å². The number of aliphatic hydroxyl groups is 1. The second kappa shape index (κ2) is 11.2. The van der Waals surface area contributed by atoms with Crippen molar-refractivity contribution in [2.75, 3.05) is 11.1 Å². The number of thioether (sulfide) groups is 1. The molecule has 0 atom stereocenters. The summed E-state index contributed by atoms with van der Waals surface area (Å²) in [7, 11) is 0. The first-order valence-electron chi connectivity index (χ1n) is 10.2. The van der Waals surface area contributed by atoms with Gasteiger partial charge in [-0.3, -0.25) is 9.59 Å². The molecule has 7 nitrogen and oxygen atoms in total. The fourth-order valence-electron chi connectivity index (χ4n) is 3.01. The summed E-state index contributed by atoms with van der Waals surface area (Å²) in [5, 5.41) is 15.1. The van der Waals surface area contributed by atoms with E-state index in [9.17, 15) is 27.9 Å². The lowest BCUT2D eigenvalue weighted by molar-refractivity contribution is -0.137. The Kier molecular flexibility index (Phi) is 8.35. The van der Waals surface area contributed by atoms with Gasteiger partial charge in [0.15, 0.2) is 5.16 Å². The predicted octanol–water partition coefficient (Wildman–Crippen LogP) is 3.75. The Hall–Kier alpha value is -3.31. The number of rotatable bonds is 9. The van der Waals surface area contributed by atoms with Crippen molar-refractivity contribution in [3.63, 3.8) is 0 Å². The number of benzene rings is 2. The van der Waals surface area contributed by atoms with Crippen molar-refractivity contribution in [3.8, 4) is 0 Å². The monoisotopic (exact) mass is 492 g/mol. The molecule has 0 spiro atoms. The van der Waals surface area contributed by atoms with E-state index in [1.807, 2.05) is 31.2 Å². The largest absolute Gasteiger partial charge is 0.416 e. The fraction of sp³-hybridized carbons (Fsp3) is 0.261. The first kappa shape index (κ1) is 25.3. The van der Waals surface area contributed by atoms with Gasteiger partial charge in [0.25, 0.3) is 0 Å². The van der Waals surface area contributed by atoms with Crippen LogP contribution in [0.25, 0.3) is 0 Å². The van der Waals surface area contributed by atoms with E-state index in [0.29, 0.717) is 17.4 Å². The Morgan fingerprint density at radius 1 is 1.12 bits per heavy atom. The first-order chi connectivity index (χ1) is 16.2. The van der Waals surface area contributed by atoms with Gasteiger partial charge in [-0.05, 0) is 30.7 Å². The average Bonchev–Trinajstić information content (AvgIpc) is 3.18. The highest BCUT2D eigenvalue weighted by molar-refractivity contribution is 7.99. The van der Waals surface area contributed by atoms with Crippen LogP contribution in [-0.2, 0) is 35.5 Å². The van der Waals surface area contributed by atoms with E-state index in [4.69, 9.17) is 0 Å². The molecule has 0 aliphatic heterocycles. The van der Waals surface area contributed by atoms with E-state index in [1.165, 1.54) is 22.9 Å². The number of hydrogen-bond acceptors (Lipinski definition) is 5. The second-order valence-corrected chi connectivity index (χ2v) is 8.40. The van der Waals surface area contributed by atoms with Gasteiger partial charge in [-0.1, -0.05) is 47.7 Å². The van der Waals surface area contributed by atoms with Gasteiger partial charge in [-0.2, -0.15) is 13.2 Å². The van der Waals surface area contributed by atoms with Crippen LogP contribution in [0.1, 0.15) is 22.4 Å². The molecule has 0 bridgehead atoms. The number of nitrogens with zero attached hydrogens (tertiary/aromatic N) is 2. The van der Waals surface area contributed by atoms with Crippen molar-refractivity contribution in [2.45, 2.75) is 38.0 Å². The molecule has 0 aliphatic rings. The van der Waals surface area contributed by atoms with Crippen LogP contribution < -0.4 is 10.6 Å². The van der Waals surface area contributed by atoms with Crippen LogP contribution in [-0.4, -0.2) is 32.2 Å². The number of amides is 2. The topological polar surface area (TPSA) is 96.2 Å². The highest BCUT2D eigenvalue weighted by Gasteiger charge is 2.30. The molecule has 1 aromatic heterocycles. The maximum atomic E-state index is 12.8. The summed E-state index contributed by atoms with van der Waals surface area (Å²) in [5.74, 6) is -0.986. The molecule has 0 saturated carbocycles. The number of aryl methyl sites for hydroxylation is 1. The maximum absolute atomic E-state index is 12.8. The van der Waals surface area contributed by atoms with E-state index in [2.05, 4.69) is 15.6 Å². The van der Waals surface area contributed by atoms with Crippen LogP contribution in [0, 0.1) is 6.92 Å². The van der Waals surface area contributed by atoms with Gasteiger partial charge in [0, 0.05) is 12.2 Å². The lowest BCUT2D eigenvalue weighted by Crippen LogP contribution is -2.28. The highest BCUT2D eigenvalue weighted by atomic mass is 32.2. The minimum absolute atomic E-state index is 0.0234. The standard InChI is InChI=1S/C23H23F3N4O3S/c1-15-5-7-16(8-6-15)10-27-20(32)12-30-19(13-31)11-28-22(30)34-14-21(33)29-18-4-2-3-17(9-18)23(24,25)26/h2-9,11,31H,10,12-14H2,1H3,(H,27,32)(H,29,33). The lowest BCUT2D eigenvalue weighted by atomic mass is 10.1. The molecule has 0 fully saturated rings. The Labute approximate surface area is 198 Å². The number of aliphatic hydroxyl groups excluding tert-OH is 1. The molecular formula is C23H23F3N4O3S. The number of alkyl halides is 3.